The molecule has 0 aliphatic heterocycles. The predicted octanol–water partition coefficient (Wildman–Crippen LogP) is 3.68. The fraction of sp³-hybridized carbons (Fsp3) is 0.500. The van der Waals surface area contributed by atoms with Crippen LogP contribution >= 0.6 is 11.6 Å². The van der Waals surface area contributed by atoms with Crippen LogP contribution in [0.5, 0.6) is 0 Å². The Morgan fingerprint density at radius 2 is 1.43 bits per heavy atom. The summed E-state index contributed by atoms with van der Waals surface area (Å²) < 4.78 is 0. The van der Waals surface area contributed by atoms with Crippen molar-refractivity contribution < 1.29 is 0 Å². The summed E-state index contributed by atoms with van der Waals surface area (Å²) in [5.41, 5.74) is 9.81. The molecule has 1 aromatic rings. The summed E-state index contributed by atoms with van der Waals surface area (Å²) in [5.74, 6) is 1.40. The number of benzene rings is 1. The fourth-order valence-corrected chi connectivity index (χ4v) is 2.36. The molecular weight excluding hydrogens is 194 g/mol. The second-order valence-corrected chi connectivity index (χ2v) is 4.98. The maximum absolute atomic E-state index is 6.18. The van der Waals surface area contributed by atoms with Crippen LogP contribution in [-0.2, 0) is 0 Å². The quantitative estimate of drug-likeness (QED) is 0.736. The molecule has 2 fully saturated rings. The van der Waals surface area contributed by atoms with Crippen LogP contribution < -0.4 is 5.73 Å². The lowest BCUT2D eigenvalue weighted by molar-refractivity contribution is 1.08. The molecule has 0 unspecified atom stereocenters. The highest BCUT2D eigenvalue weighted by atomic mass is 35.5. The summed E-state index contributed by atoms with van der Waals surface area (Å²) in [6, 6.07) is 4.11. The van der Waals surface area contributed by atoms with Gasteiger partial charge in [0.25, 0.3) is 0 Å². The molecule has 0 radical (unpaired) electrons. The summed E-state index contributed by atoms with van der Waals surface area (Å²) in [5, 5.41) is 0.864. The van der Waals surface area contributed by atoms with Crippen molar-refractivity contribution in [1.82, 2.24) is 0 Å². The molecule has 2 aliphatic carbocycles. The van der Waals surface area contributed by atoms with Gasteiger partial charge in [-0.3, -0.25) is 0 Å². The molecule has 2 saturated carbocycles. The highest BCUT2D eigenvalue weighted by Crippen LogP contribution is 2.49. The lowest BCUT2D eigenvalue weighted by Gasteiger charge is -2.10. The van der Waals surface area contributed by atoms with Gasteiger partial charge in [-0.15, -0.1) is 0 Å². The largest absolute Gasteiger partial charge is 0.398 e. The van der Waals surface area contributed by atoms with E-state index in [0.29, 0.717) is 11.8 Å². The van der Waals surface area contributed by atoms with Gasteiger partial charge in [0.15, 0.2) is 0 Å². The molecule has 0 heterocycles. The molecule has 2 N–H and O–H groups in total. The highest BCUT2D eigenvalue weighted by Gasteiger charge is 2.31. The van der Waals surface area contributed by atoms with Crippen molar-refractivity contribution in [3.05, 3.63) is 28.3 Å². The van der Waals surface area contributed by atoms with Gasteiger partial charge in [0.2, 0.25) is 0 Å². The first-order chi connectivity index (χ1) is 6.75. The first-order valence-corrected chi connectivity index (χ1v) is 5.72. The van der Waals surface area contributed by atoms with E-state index in [1.165, 1.54) is 36.8 Å². The standard InChI is InChI=1S/C12H14ClN/c13-9-5-10(7-1-2-7)12(14)11(6-9)8-3-4-8/h5-8H,1-4,14H2. The van der Waals surface area contributed by atoms with Gasteiger partial charge in [0, 0.05) is 10.7 Å². The third-order valence-corrected chi connectivity index (χ3v) is 3.46. The number of anilines is 1. The molecular formula is C12H14ClN. The van der Waals surface area contributed by atoms with E-state index in [0.717, 1.165) is 10.7 Å². The van der Waals surface area contributed by atoms with Crippen molar-refractivity contribution in [3.8, 4) is 0 Å². The van der Waals surface area contributed by atoms with Gasteiger partial charge in [-0.05, 0) is 60.8 Å². The third-order valence-electron chi connectivity index (χ3n) is 3.24. The Morgan fingerprint density at radius 1 is 1.00 bits per heavy atom. The zero-order chi connectivity index (χ0) is 9.71. The number of nitrogen functional groups attached to an aromatic ring is 1. The van der Waals surface area contributed by atoms with E-state index in [1.54, 1.807) is 0 Å². The molecule has 14 heavy (non-hydrogen) atoms. The van der Waals surface area contributed by atoms with Crippen LogP contribution in [0.15, 0.2) is 12.1 Å². The number of rotatable bonds is 2. The first kappa shape index (κ1) is 8.60. The molecule has 3 rings (SSSR count). The van der Waals surface area contributed by atoms with E-state index in [4.69, 9.17) is 17.3 Å². The van der Waals surface area contributed by atoms with Crippen LogP contribution in [0.25, 0.3) is 0 Å². The lowest BCUT2D eigenvalue weighted by atomic mass is 10.0. The molecule has 0 amide bonds. The van der Waals surface area contributed by atoms with Crippen molar-refractivity contribution in [2.45, 2.75) is 37.5 Å². The minimum atomic E-state index is 0.700. The molecule has 2 aliphatic rings. The highest BCUT2D eigenvalue weighted by molar-refractivity contribution is 6.30. The zero-order valence-corrected chi connectivity index (χ0v) is 8.85. The van der Waals surface area contributed by atoms with Crippen LogP contribution in [0.2, 0.25) is 5.02 Å². The predicted molar refractivity (Wildman–Crippen MR) is 59.8 cm³/mol. The molecule has 0 saturated heterocycles. The molecule has 0 spiro atoms. The van der Waals surface area contributed by atoms with Gasteiger partial charge < -0.3 is 5.73 Å². The van der Waals surface area contributed by atoms with E-state index in [9.17, 15) is 0 Å². The third kappa shape index (κ3) is 1.40. The van der Waals surface area contributed by atoms with Crippen molar-refractivity contribution in [2.75, 3.05) is 5.73 Å². The van der Waals surface area contributed by atoms with E-state index in [1.807, 2.05) is 0 Å². The maximum Gasteiger partial charge on any atom is 0.0413 e. The topological polar surface area (TPSA) is 26.0 Å². The summed E-state index contributed by atoms with van der Waals surface area (Å²) >= 11 is 6.11. The molecule has 74 valence electrons. The average molecular weight is 208 g/mol. The Morgan fingerprint density at radius 3 is 1.79 bits per heavy atom. The molecule has 1 aromatic carbocycles. The SMILES string of the molecule is Nc1c(C2CC2)cc(Cl)cc1C1CC1. The van der Waals surface area contributed by atoms with Crippen LogP contribution in [0.4, 0.5) is 5.69 Å². The Kier molecular flexibility index (Phi) is 1.78. The number of halogens is 1. The van der Waals surface area contributed by atoms with Crippen LogP contribution in [0.1, 0.15) is 48.6 Å². The fourth-order valence-electron chi connectivity index (χ4n) is 2.13. The molecule has 0 atom stereocenters. The second kappa shape index (κ2) is 2.90. The van der Waals surface area contributed by atoms with Crippen molar-refractivity contribution in [1.29, 1.82) is 0 Å². The van der Waals surface area contributed by atoms with Gasteiger partial charge in [-0.1, -0.05) is 11.6 Å². The van der Waals surface area contributed by atoms with Gasteiger partial charge in [-0.25, -0.2) is 0 Å². The minimum Gasteiger partial charge on any atom is -0.398 e. The average Bonchev–Trinajstić information content (AvgIpc) is 3.03. The Labute approximate surface area is 89.3 Å². The molecule has 2 heteroatoms. The summed E-state index contributed by atoms with van der Waals surface area (Å²) in [4.78, 5) is 0. The van der Waals surface area contributed by atoms with Crippen LogP contribution in [0, 0.1) is 0 Å². The lowest BCUT2D eigenvalue weighted by Crippen LogP contribution is -1.98. The molecule has 0 bridgehead atoms. The molecule has 0 aromatic heterocycles. The number of hydrogen-bond acceptors (Lipinski definition) is 1. The summed E-state index contributed by atoms with van der Waals surface area (Å²) in [6.45, 7) is 0. The Bertz CT molecular complexity index is 345. The second-order valence-electron chi connectivity index (χ2n) is 4.55. The monoisotopic (exact) mass is 207 g/mol. The van der Waals surface area contributed by atoms with Gasteiger partial charge in [0.05, 0.1) is 0 Å². The van der Waals surface area contributed by atoms with E-state index in [2.05, 4.69) is 12.1 Å². The molecule has 1 nitrogen and oxygen atoms in total. The Balaban J connectivity index is 2.09. The normalized spacial score (nSPS) is 21.2. The van der Waals surface area contributed by atoms with Crippen molar-refractivity contribution in [2.24, 2.45) is 0 Å². The zero-order valence-electron chi connectivity index (χ0n) is 8.09. The van der Waals surface area contributed by atoms with Gasteiger partial charge in [0.1, 0.15) is 0 Å². The number of nitrogens with two attached hydrogens (primary N) is 1. The van der Waals surface area contributed by atoms with Crippen molar-refractivity contribution >= 4 is 17.3 Å². The first-order valence-electron chi connectivity index (χ1n) is 5.34. The summed E-state index contributed by atoms with van der Waals surface area (Å²) in [6.07, 6.45) is 5.15. The maximum atomic E-state index is 6.18. The minimum absolute atomic E-state index is 0.700. The van der Waals surface area contributed by atoms with E-state index in [-0.39, 0.29) is 0 Å². The van der Waals surface area contributed by atoms with Gasteiger partial charge >= 0.3 is 0 Å². The number of hydrogen-bond donors (Lipinski definition) is 1. The summed E-state index contributed by atoms with van der Waals surface area (Å²) in [7, 11) is 0. The van der Waals surface area contributed by atoms with Gasteiger partial charge in [-0.2, -0.15) is 0 Å². The smallest absolute Gasteiger partial charge is 0.0413 e. The van der Waals surface area contributed by atoms with Crippen LogP contribution in [-0.4, -0.2) is 0 Å². The van der Waals surface area contributed by atoms with E-state index >= 15 is 0 Å². The Hall–Kier alpha value is -0.690. The van der Waals surface area contributed by atoms with E-state index < -0.39 is 0 Å². The van der Waals surface area contributed by atoms with Crippen molar-refractivity contribution in [3.63, 3.8) is 0 Å². The van der Waals surface area contributed by atoms with Crippen LogP contribution in [0.3, 0.4) is 0 Å².